The summed E-state index contributed by atoms with van der Waals surface area (Å²) in [6.07, 6.45) is 10.3. The summed E-state index contributed by atoms with van der Waals surface area (Å²) in [5.41, 5.74) is 0. The summed E-state index contributed by atoms with van der Waals surface area (Å²) in [7, 11) is 0. The molecule has 1 unspecified atom stereocenters. The van der Waals surface area contributed by atoms with Crippen LogP contribution in [0.3, 0.4) is 0 Å². The number of aliphatic carboxylic acids is 2. The van der Waals surface area contributed by atoms with E-state index in [1.807, 2.05) is 0 Å². The third kappa shape index (κ3) is 11.0. The largest absolute Gasteiger partial charge is 0.481 e. The molecule has 0 saturated heterocycles. The number of carbonyl (C=O) groups excluding carboxylic acids is 1. The second-order valence-corrected chi connectivity index (χ2v) is 6.32. The van der Waals surface area contributed by atoms with Gasteiger partial charge >= 0.3 is 11.9 Å². The number of hydrogen-bond acceptors (Lipinski definition) is 3. The highest BCUT2D eigenvalue weighted by Gasteiger charge is 2.25. The smallest absolute Gasteiger partial charge is 0.326 e. The van der Waals surface area contributed by atoms with Gasteiger partial charge in [0.05, 0.1) is 6.42 Å². The van der Waals surface area contributed by atoms with Crippen molar-refractivity contribution in [1.29, 1.82) is 0 Å². The molecule has 0 heterocycles. The Morgan fingerprint density at radius 1 is 0.833 bits per heavy atom. The van der Waals surface area contributed by atoms with Gasteiger partial charge in [0.1, 0.15) is 6.04 Å². The van der Waals surface area contributed by atoms with E-state index in [0.29, 0.717) is 0 Å². The van der Waals surface area contributed by atoms with Crippen molar-refractivity contribution in [2.24, 2.45) is 0 Å². The second-order valence-electron chi connectivity index (χ2n) is 6.32. The zero-order chi connectivity index (χ0) is 18.4. The molecule has 1 atom stereocenters. The van der Waals surface area contributed by atoms with Crippen LogP contribution in [0.1, 0.15) is 84.5 Å². The predicted molar refractivity (Wildman–Crippen MR) is 92.9 cm³/mol. The average molecular weight is 343 g/mol. The van der Waals surface area contributed by atoms with Crippen molar-refractivity contribution in [3.8, 4) is 0 Å². The number of nitrogens with zero attached hydrogens (tertiary/aromatic N) is 1. The number of rotatable bonds is 15. The highest BCUT2D eigenvalue weighted by molar-refractivity contribution is 5.83. The fourth-order valence-corrected chi connectivity index (χ4v) is 2.61. The lowest BCUT2D eigenvalue weighted by Gasteiger charge is -2.26. The van der Waals surface area contributed by atoms with Gasteiger partial charge in [-0.15, -0.1) is 0 Å². The van der Waals surface area contributed by atoms with Crippen LogP contribution < -0.4 is 0 Å². The number of unbranched alkanes of at least 4 members (excludes halogenated alkanes) is 8. The number of carbonyl (C=O) groups is 3. The van der Waals surface area contributed by atoms with E-state index < -0.39 is 18.0 Å². The molecule has 0 spiro atoms. The van der Waals surface area contributed by atoms with Gasteiger partial charge in [0, 0.05) is 13.0 Å². The van der Waals surface area contributed by atoms with Crippen LogP contribution in [-0.4, -0.2) is 45.5 Å². The summed E-state index contributed by atoms with van der Waals surface area (Å²) in [6.45, 7) is 3.55. The van der Waals surface area contributed by atoms with E-state index >= 15 is 0 Å². The average Bonchev–Trinajstić information content (AvgIpc) is 2.52. The Kier molecular flexibility index (Phi) is 12.9. The van der Waals surface area contributed by atoms with Crippen LogP contribution in [0.2, 0.25) is 0 Å². The molecule has 0 radical (unpaired) electrons. The summed E-state index contributed by atoms with van der Waals surface area (Å²) in [5.74, 6) is -2.41. The highest BCUT2D eigenvalue weighted by Crippen LogP contribution is 2.12. The molecule has 6 heteroatoms. The molecule has 0 fully saturated rings. The highest BCUT2D eigenvalue weighted by atomic mass is 16.4. The number of amides is 1. The molecule has 0 aliphatic rings. The summed E-state index contributed by atoms with van der Waals surface area (Å²) in [5, 5.41) is 17.8. The molecule has 6 nitrogen and oxygen atoms in total. The normalized spacial score (nSPS) is 11.9. The van der Waals surface area contributed by atoms with Crippen LogP contribution in [0.25, 0.3) is 0 Å². The molecule has 0 aromatic rings. The number of carboxylic acid groups (broad SMARTS) is 2. The minimum Gasteiger partial charge on any atom is -0.481 e. The summed E-state index contributed by atoms with van der Waals surface area (Å²) in [6, 6.07) is -0.990. The van der Waals surface area contributed by atoms with Gasteiger partial charge in [0.2, 0.25) is 5.91 Å². The predicted octanol–water partition coefficient (Wildman–Crippen LogP) is 3.68. The molecule has 0 aromatic carbocycles. The topological polar surface area (TPSA) is 94.9 Å². The minimum absolute atomic E-state index is 0.0565. The maximum atomic E-state index is 12.2. The first-order chi connectivity index (χ1) is 11.4. The van der Waals surface area contributed by atoms with Gasteiger partial charge in [-0.1, -0.05) is 58.3 Å². The Morgan fingerprint density at radius 3 is 1.79 bits per heavy atom. The molecule has 0 saturated carbocycles. The lowest BCUT2D eigenvalue weighted by molar-refractivity contribution is -0.150. The van der Waals surface area contributed by atoms with Gasteiger partial charge in [0.25, 0.3) is 0 Å². The first-order valence-corrected chi connectivity index (χ1v) is 9.14. The Morgan fingerprint density at radius 2 is 1.33 bits per heavy atom. The third-order valence-electron chi connectivity index (χ3n) is 4.21. The molecule has 0 aliphatic carbocycles. The maximum Gasteiger partial charge on any atom is 0.326 e. The van der Waals surface area contributed by atoms with Crippen molar-refractivity contribution < 1.29 is 24.6 Å². The first kappa shape index (κ1) is 22.4. The van der Waals surface area contributed by atoms with Crippen LogP contribution in [0.5, 0.6) is 0 Å². The molecule has 2 N–H and O–H groups in total. The van der Waals surface area contributed by atoms with E-state index in [2.05, 4.69) is 6.92 Å². The van der Waals surface area contributed by atoms with E-state index in [-0.39, 0.29) is 25.3 Å². The molecule has 0 rings (SSSR count). The van der Waals surface area contributed by atoms with E-state index in [1.165, 1.54) is 50.3 Å². The molecule has 0 aliphatic heterocycles. The molecular weight excluding hydrogens is 310 g/mol. The van der Waals surface area contributed by atoms with Crippen molar-refractivity contribution in [1.82, 2.24) is 4.90 Å². The Labute approximate surface area is 145 Å². The van der Waals surface area contributed by atoms with Gasteiger partial charge in [-0.05, 0) is 13.3 Å². The molecule has 0 bridgehead atoms. The Balaban J connectivity index is 4.01. The van der Waals surface area contributed by atoms with Crippen LogP contribution in [0.15, 0.2) is 0 Å². The second kappa shape index (κ2) is 13.8. The Bertz CT molecular complexity index is 384. The van der Waals surface area contributed by atoms with Gasteiger partial charge in [0.15, 0.2) is 0 Å². The summed E-state index contributed by atoms with van der Waals surface area (Å²) in [4.78, 5) is 35.1. The standard InChI is InChI=1S/C18H33NO5/c1-3-4-5-6-7-8-9-10-11-12-16(20)19(14-13-17(21)22)15(2)18(23)24/h15H,3-14H2,1-2H3,(H,21,22)(H,23,24). The molecule has 1 amide bonds. The van der Waals surface area contributed by atoms with Gasteiger partial charge in [-0.2, -0.15) is 0 Å². The maximum absolute atomic E-state index is 12.2. The lowest BCUT2D eigenvalue weighted by Crippen LogP contribution is -2.44. The summed E-state index contributed by atoms with van der Waals surface area (Å²) < 4.78 is 0. The number of carboxylic acids is 2. The molecule has 24 heavy (non-hydrogen) atoms. The fourth-order valence-electron chi connectivity index (χ4n) is 2.61. The van der Waals surface area contributed by atoms with Gasteiger partial charge < -0.3 is 15.1 Å². The monoisotopic (exact) mass is 343 g/mol. The van der Waals surface area contributed by atoms with Crippen molar-refractivity contribution in [2.75, 3.05) is 6.54 Å². The van der Waals surface area contributed by atoms with Crippen LogP contribution in [0.4, 0.5) is 0 Å². The van der Waals surface area contributed by atoms with Crippen molar-refractivity contribution in [2.45, 2.75) is 90.5 Å². The van der Waals surface area contributed by atoms with E-state index in [4.69, 9.17) is 10.2 Å². The first-order valence-electron chi connectivity index (χ1n) is 9.14. The van der Waals surface area contributed by atoms with Crippen molar-refractivity contribution in [3.63, 3.8) is 0 Å². The van der Waals surface area contributed by atoms with Crippen LogP contribution >= 0.6 is 0 Å². The molecule has 0 aromatic heterocycles. The van der Waals surface area contributed by atoms with Gasteiger partial charge in [-0.3, -0.25) is 9.59 Å². The fraction of sp³-hybridized carbons (Fsp3) is 0.833. The molecular formula is C18H33NO5. The minimum atomic E-state index is -1.11. The summed E-state index contributed by atoms with van der Waals surface area (Å²) >= 11 is 0. The zero-order valence-corrected chi connectivity index (χ0v) is 15.1. The van der Waals surface area contributed by atoms with Crippen LogP contribution in [-0.2, 0) is 14.4 Å². The van der Waals surface area contributed by atoms with E-state index in [1.54, 1.807) is 0 Å². The quantitative estimate of drug-likeness (QED) is 0.442. The number of hydrogen-bond donors (Lipinski definition) is 2. The van der Waals surface area contributed by atoms with Gasteiger partial charge in [-0.25, -0.2) is 4.79 Å². The van der Waals surface area contributed by atoms with Crippen molar-refractivity contribution in [3.05, 3.63) is 0 Å². The third-order valence-corrected chi connectivity index (χ3v) is 4.21. The van der Waals surface area contributed by atoms with E-state index in [0.717, 1.165) is 19.3 Å². The van der Waals surface area contributed by atoms with Crippen molar-refractivity contribution >= 4 is 17.8 Å². The molecule has 140 valence electrons. The SMILES string of the molecule is CCCCCCCCCCCC(=O)N(CCC(=O)O)C(C)C(=O)O. The van der Waals surface area contributed by atoms with E-state index in [9.17, 15) is 14.4 Å². The lowest BCUT2D eigenvalue weighted by atomic mass is 10.1. The Hall–Kier alpha value is -1.59. The van der Waals surface area contributed by atoms with Crippen LogP contribution in [0, 0.1) is 0 Å². The zero-order valence-electron chi connectivity index (χ0n) is 15.1.